The summed E-state index contributed by atoms with van der Waals surface area (Å²) in [5.74, 6) is -0.369. The summed E-state index contributed by atoms with van der Waals surface area (Å²) in [6, 6.07) is 10.6. The number of nitrogens with one attached hydrogen (secondary N) is 1. The lowest BCUT2D eigenvalue weighted by molar-refractivity contribution is 0.0951. The molecule has 0 aliphatic carbocycles. The molecule has 0 aliphatic rings. The minimum atomic E-state index is -0.302. The van der Waals surface area contributed by atoms with Gasteiger partial charge in [0.05, 0.1) is 0 Å². The number of amides is 1. The number of carbonyl (C=O) groups is 1. The van der Waals surface area contributed by atoms with E-state index in [0.29, 0.717) is 17.7 Å². The fourth-order valence-electron chi connectivity index (χ4n) is 1.68. The third kappa shape index (κ3) is 3.31. The van der Waals surface area contributed by atoms with Crippen molar-refractivity contribution in [3.05, 3.63) is 65.0 Å². The van der Waals surface area contributed by atoms with Crippen molar-refractivity contribution in [2.75, 3.05) is 0 Å². The molecule has 0 unspecified atom stereocenters. The van der Waals surface area contributed by atoms with E-state index < -0.39 is 0 Å². The van der Waals surface area contributed by atoms with Crippen LogP contribution in [0.4, 0.5) is 4.39 Å². The number of carbonyl (C=O) groups excluding carboxylic acids is 1. The van der Waals surface area contributed by atoms with Crippen LogP contribution in [0.5, 0.6) is 5.75 Å². The molecular weight excluding hydrogens is 245 g/mol. The Morgan fingerprint density at radius 2 is 1.89 bits per heavy atom. The van der Waals surface area contributed by atoms with Gasteiger partial charge in [-0.1, -0.05) is 12.1 Å². The molecule has 0 saturated heterocycles. The molecule has 4 heteroatoms. The minimum Gasteiger partial charge on any atom is -0.508 e. The van der Waals surface area contributed by atoms with Crippen molar-refractivity contribution >= 4 is 5.91 Å². The van der Waals surface area contributed by atoms with Crippen LogP contribution in [-0.2, 0) is 6.54 Å². The number of halogens is 1. The summed E-state index contributed by atoms with van der Waals surface area (Å²) in [5.41, 5.74) is 1.96. The Kier molecular flexibility index (Phi) is 3.80. The maximum atomic E-state index is 12.7. The van der Waals surface area contributed by atoms with Gasteiger partial charge in [-0.15, -0.1) is 0 Å². The first-order valence-electron chi connectivity index (χ1n) is 5.88. The first kappa shape index (κ1) is 13.1. The summed E-state index contributed by atoms with van der Waals surface area (Å²) in [7, 11) is 0. The van der Waals surface area contributed by atoms with Gasteiger partial charge in [-0.3, -0.25) is 4.79 Å². The molecule has 2 rings (SSSR count). The van der Waals surface area contributed by atoms with Crippen LogP contribution in [0.1, 0.15) is 21.5 Å². The molecular formula is C15H14FNO2. The highest BCUT2D eigenvalue weighted by atomic mass is 19.1. The van der Waals surface area contributed by atoms with Crippen molar-refractivity contribution in [2.24, 2.45) is 0 Å². The zero-order chi connectivity index (χ0) is 13.8. The largest absolute Gasteiger partial charge is 0.508 e. The number of rotatable bonds is 3. The molecule has 0 aliphatic heterocycles. The van der Waals surface area contributed by atoms with Crippen molar-refractivity contribution in [1.29, 1.82) is 0 Å². The Hall–Kier alpha value is -2.36. The van der Waals surface area contributed by atoms with Crippen molar-refractivity contribution in [3.8, 4) is 5.75 Å². The number of phenols is 1. The number of benzene rings is 2. The van der Waals surface area contributed by atoms with E-state index in [1.54, 1.807) is 31.2 Å². The van der Waals surface area contributed by atoms with Crippen molar-refractivity contribution < 1.29 is 14.3 Å². The second kappa shape index (κ2) is 5.52. The Morgan fingerprint density at radius 1 is 1.21 bits per heavy atom. The Morgan fingerprint density at radius 3 is 2.53 bits per heavy atom. The fourth-order valence-corrected chi connectivity index (χ4v) is 1.68. The Labute approximate surface area is 110 Å². The van der Waals surface area contributed by atoms with Gasteiger partial charge < -0.3 is 10.4 Å². The van der Waals surface area contributed by atoms with Gasteiger partial charge in [-0.05, 0) is 48.4 Å². The SMILES string of the molecule is Cc1cc(C(=O)NCc2ccc(F)cc2)ccc1O. The van der Waals surface area contributed by atoms with E-state index in [0.717, 1.165) is 5.56 Å². The van der Waals surface area contributed by atoms with Crippen LogP contribution in [0, 0.1) is 12.7 Å². The lowest BCUT2D eigenvalue weighted by atomic mass is 10.1. The average molecular weight is 259 g/mol. The van der Waals surface area contributed by atoms with E-state index in [1.807, 2.05) is 0 Å². The molecule has 2 N–H and O–H groups in total. The second-order valence-corrected chi connectivity index (χ2v) is 4.31. The van der Waals surface area contributed by atoms with Crippen LogP contribution in [0.15, 0.2) is 42.5 Å². The first-order chi connectivity index (χ1) is 9.06. The number of aromatic hydroxyl groups is 1. The number of aryl methyl sites for hydroxylation is 1. The summed E-state index contributed by atoms with van der Waals surface area (Å²) >= 11 is 0. The molecule has 0 aromatic heterocycles. The van der Waals surface area contributed by atoms with E-state index in [4.69, 9.17) is 0 Å². The molecule has 0 heterocycles. The molecule has 0 fully saturated rings. The van der Waals surface area contributed by atoms with Gasteiger partial charge in [-0.25, -0.2) is 4.39 Å². The number of hydrogen-bond donors (Lipinski definition) is 2. The number of hydrogen-bond acceptors (Lipinski definition) is 2. The molecule has 3 nitrogen and oxygen atoms in total. The van der Waals surface area contributed by atoms with Gasteiger partial charge in [0.25, 0.3) is 5.91 Å². The lowest BCUT2D eigenvalue weighted by Gasteiger charge is -2.07. The molecule has 0 saturated carbocycles. The molecule has 0 bridgehead atoms. The molecule has 1 amide bonds. The van der Waals surface area contributed by atoms with E-state index >= 15 is 0 Å². The lowest BCUT2D eigenvalue weighted by Crippen LogP contribution is -2.22. The predicted molar refractivity (Wildman–Crippen MR) is 70.4 cm³/mol. The fraction of sp³-hybridized carbons (Fsp3) is 0.133. The summed E-state index contributed by atoms with van der Waals surface area (Å²) in [4.78, 5) is 11.9. The van der Waals surface area contributed by atoms with Gasteiger partial charge >= 0.3 is 0 Å². The topological polar surface area (TPSA) is 49.3 Å². The smallest absolute Gasteiger partial charge is 0.251 e. The molecule has 0 spiro atoms. The van der Waals surface area contributed by atoms with Crippen LogP contribution in [0.25, 0.3) is 0 Å². The summed E-state index contributed by atoms with van der Waals surface area (Å²) < 4.78 is 12.7. The highest BCUT2D eigenvalue weighted by Gasteiger charge is 2.07. The third-order valence-corrected chi connectivity index (χ3v) is 2.83. The van der Waals surface area contributed by atoms with Crippen LogP contribution < -0.4 is 5.32 Å². The van der Waals surface area contributed by atoms with Gasteiger partial charge in [0, 0.05) is 12.1 Å². The van der Waals surface area contributed by atoms with Crippen molar-refractivity contribution in [2.45, 2.75) is 13.5 Å². The molecule has 2 aromatic rings. The molecule has 98 valence electrons. The van der Waals surface area contributed by atoms with Gasteiger partial charge in [0.15, 0.2) is 0 Å². The van der Waals surface area contributed by atoms with Crippen molar-refractivity contribution in [1.82, 2.24) is 5.32 Å². The predicted octanol–water partition coefficient (Wildman–Crippen LogP) is 2.77. The quantitative estimate of drug-likeness (QED) is 0.890. The maximum Gasteiger partial charge on any atom is 0.251 e. The Balaban J connectivity index is 2.01. The molecule has 19 heavy (non-hydrogen) atoms. The van der Waals surface area contributed by atoms with Crippen LogP contribution >= 0.6 is 0 Å². The normalized spacial score (nSPS) is 10.2. The van der Waals surface area contributed by atoms with E-state index in [1.165, 1.54) is 18.2 Å². The van der Waals surface area contributed by atoms with E-state index in [-0.39, 0.29) is 17.5 Å². The summed E-state index contributed by atoms with van der Waals surface area (Å²) in [6.07, 6.45) is 0. The van der Waals surface area contributed by atoms with Crippen LogP contribution in [-0.4, -0.2) is 11.0 Å². The highest BCUT2D eigenvalue weighted by molar-refractivity contribution is 5.94. The van der Waals surface area contributed by atoms with Crippen LogP contribution in [0.3, 0.4) is 0 Å². The third-order valence-electron chi connectivity index (χ3n) is 2.83. The highest BCUT2D eigenvalue weighted by Crippen LogP contribution is 2.16. The maximum absolute atomic E-state index is 12.7. The average Bonchev–Trinajstić information content (AvgIpc) is 2.41. The molecule has 2 aromatic carbocycles. The summed E-state index contributed by atoms with van der Waals surface area (Å²) in [5, 5.41) is 12.1. The first-order valence-corrected chi connectivity index (χ1v) is 5.88. The summed E-state index contributed by atoms with van der Waals surface area (Å²) in [6.45, 7) is 2.06. The van der Waals surface area contributed by atoms with Crippen LogP contribution in [0.2, 0.25) is 0 Å². The van der Waals surface area contributed by atoms with Gasteiger partial charge in [-0.2, -0.15) is 0 Å². The van der Waals surface area contributed by atoms with Gasteiger partial charge in [0.2, 0.25) is 0 Å². The monoisotopic (exact) mass is 259 g/mol. The second-order valence-electron chi connectivity index (χ2n) is 4.31. The number of phenolic OH excluding ortho intramolecular Hbond substituents is 1. The van der Waals surface area contributed by atoms with E-state index in [2.05, 4.69) is 5.32 Å². The van der Waals surface area contributed by atoms with Crippen molar-refractivity contribution in [3.63, 3.8) is 0 Å². The standard InChI is InChI=1S/C15H14FNO2/c1-10-8-12(4-7-14(10)18)15(19)17-9-11-2-5-13(16)6-3-11/h2-8,18H,9H2,1H3,(H,17,19). The van der Waals surface area contributed by atoms with Gasteiger partial charge in [0.1, 0.15) is 11.6 Å². The van der Waals surface area contributed by atoms with E-state index in [9.17, 15) is 14.3 Å². The molecule has 0 atom stereocenters. The molecule has 0 radical (unpaired) electrons. The Bertz CT molecular complexity index is 594. The zero-order valence-corrected chi connectivity index (χ0v) is 10.5. The minimum absolute atomic E-state index is 0.162. The zero-order valence-electron chi connectivity index (χ0n) is 10.5.